The molecule has 0 radical (unpaired) electrons. The fraction of sp³-hybridized carbons (Fsp3) is 0.233. The van der Waals surface area contributed by atoms with Crippen molar-refractivity contribution in [2.45, 2.75) is 38.6 Å². The van der Waals surface area contributed by atoms with Gasteiger partial charge in [0, 0.05) is 6.92 Å². The van der Waals surface area contributed by atoms with Crippen LogP contribution in [0.3, 0.4) is 0 Å². The van der Waals surface area contributed by atoms with Gasteiger partial charge >= 0.3 is 17.9 Å². The third-order valence-electron chi connectivity index (χ3n) is 5.69. The summed E-state index contributed by atoms with van der Waals surface area (Å²) in [5.74, 6) is -3.25. The lowest BCUT2D eigenvalue weighted by Crippen LogP contribution is -2.51. The van der Waals surface area contributed by atoms with Crippen LogP contribution >= 0.6 is 0 Å². The summed E-state index contributed by atoms with van der Waals surface area (Å²) in [5, 5.41) is 0. The number of carbonyl (C=O) groups is 3. The predicted molar refractivity (Wildman–Crippen MR) is 138 cm³/mol. The van der Waals surface area contributed by atoms with E-state index in [0.29, 0.717) is 0 Å². The molecule has 0 saturated carbocycles. The van der Waals surface area contributed by atoms with Crippen LogP contribution in [0, 0.1) is 0 Å². The van der Waals surface area contributed by atoms with Gasteiger partial charge in [0.05, 0.1) is 25.9 Å². The Bertz CT molecular complexity index is 1290. The average molecular weight is 533 g/mol. The Morgan fingerprint density at radius 2 is 1.28 bits per heavy atom. The van der Waals surface area contributed by atoms with E-state index in [1.807, 2.05) is 60.7 Å². The molecule has 3 aromatic rings. The molecular formula is C30H28O9. The number of methoxy groups -OCH3 is 1. The van der Waals surface area contributed by atoms with E-state index in [9.17, 15) is 14.4 Å². The molecule has 0 fully saturated rings. The summed E-state index contributed by atoms with van der Waals surface area (Å²) in [6, 6.07) is 26.8. The highest BCUT2D eigenvalue weighted by Crippen LogP contribution is 2.33. The van der Waals surface area contributed by atoms with E-state index in [4.69, 9.17) is 28.4 Å². The fourth-order valence-electron chi connectivity index (χ4n) is 3.86. The maximum absolute atomic E-state index is 13.2. The second-order valence-electron chi connectivity index (χ2n) is 8.51. The minimum absolute atomic E-state index is 0.0837. The van der Waals surface area contributed by atoms with Crippen molar-refractivity contribution < 1.29 is 42.8 Å². The number of hydrogen-bond donors (Lipinski definition) is 0. The van der Waals surface area contributed by atoms with E-state index >= 15 is 0 Å². The van der Waals surface area contributed by atoms with Gasteiger partial charge in [0.1, 0.15) is 0 Å². The highest BCUT2D eigenvalue weighted by Gasteiger charge is 2.48. The zero-order valence-corrected chi connectivity index (χ0v) is 21.5. The number of hydrogen-bond acceptors (Lipinski definition) is 9. The van der Waals surface area contributed by atoms with Crippen LogP contribution in [0.15, 0.2) is 103 Å². The number of ether oxygens (including phenoxy) is 6. The molecule has 0 N–H and O–H groups in total. The molecule has 39 heavy (non-hydrogen) atoms. The summed E-state index contributed by atoms with van der Waals surface area (Å²) in [5.41, 5.74) is 1.90. The second kappa shape index (κ2) is 13.4. The maximum Gasteiger partial charge on any atom is 0.377 e. The van der Waals surface area contributed by atoms with Gasteiger partial charge in [-0.2, -0.15) is 0 Å². The number of rotatable bonds is 10. The highest BCUT2D eigenvalue weighted by molar-refractivity contribution is 5.90. The van der Waals surface area contributed by atoms with Crippen LogP contribution in [-0.4, -0.2) is 43.5 Å². The largest absolute Gasteiger partial charge is 0.463 e. The fourth-order valence-corrected chi connectivity index (χ4v) is 3.86. The molecule has 0 bridgehead atoms. The van der Waals surface area contributed by atoms with Crippen LogP contribution in [0.2, 0.25) is 0 Å². The third-order valence-corrected chi connectivity index (χ3v) is 5.69. The van der Waals surface area contributed by atoms with Crippen molar-refractivity contribution in [1.82, 2.24) is 0 Å². The van der Waals surface area contributed by atoms with Gasteiger partial charge in [0.25, 0.3) is 5.76 Å². The molecule has 0 unspecified atom stereocenters. The monoisotopic (exact) mass is 532 g/mol. The summed E-state index contributed by atoms with van der Waals surface area (Å²) >= 11 is 0. The summed E-state index contributed by atoms with van der Waals surface area (Å²) in [6.07, 6.45) is -3.77. The topological polar surface area (TPSA) is 107 Å². The molecule has 3 aromatic carbocycles. The maximum atomic E-state index is 13.2. The molecule has 0 spiro atoms. The summed E-state index contributed by atoms with van der Waals surface area (Å²) in [7, 11) is 1.15. The zero-order chi connectivity index (χ0) is 27.6. The van der Waals surface area contributed by atoms with Crippen molar-refractivity contribution in [3.05, 3.63) is 119 Å². The van der Waals surface area contributed by atoms with Crippen LogP contribution in [0.5, 0.6) is 0 Å². The van der Waals surface area contributed by atoms with Crippen LogP contribution in [0.4, 0.5) is 0 Å². The van der Waals surface area contributed by atoms with Gasteiger partial charge in [0.2, 0.25) is 12.0 Å². The molecule has 9 heteroatoms. The van der Waals surface area contributed by atoms with Gasteiger partial charge in [-0.3, -0.25) is 4.79 Å². The Labute approximate surface area is 225 Å². The smallest absolute Gasteiger partial charge is 0.377 e. The molecule has 0 aromatic heterocycles. The third kappa shape index (κ3) is 7.31. The van der Waals surface area contributed by atoms with Gasteiger partial charge < -0.3 is 28.4 Å². The van der Waals surface area contributed by atoms with E-state index in [1.165, 1.54) is 0 Å². The van der Waals surface area contributed by atoms with Crippen molar-refractivity contribution in [3.63, 3.8) is 0 Å². The Morgan fingerprint density at radius 3 is 1.82 bits per heavy atom. The minimum atomic E-state index is -1.39. The lowest BCUT2D eigenvalue weighted by atomic mass is 10.1. The normalized spacial score (nSPS) is 18.6. The van der Waals surface area contributed by atoms with E-state index in [-0.39, 0.29) is 24.5 Å². The predicted octanol–water partition coefficient (Wildman–Crippen LogP) is 4.32. The van der Waals surface area contributed by atoms with Crippen LogP contribution in [-0.2, 0) is 51.2 Å². The molecule has 1 heterocycles. The van der Waals surface area contributed by atoms with Crippen molar-refractivity contribution in [1.29, 1.82) is 0 Å². The van der Waals surface area contributed by atoms with Gasteiger partial charge in [-0.25, -0.2) is 9.59 Å². The highest BCUT2D eigenvalue weighted by atomic mass is 16.7. The van der Waals surface area contributed by atoms with E-state index in [0.717, 1.165) is 25.2 Å². The van der Waals surface area contributed by atoms with Gasteiger partial charge in [-0.15, -0.1) is 0 Å². The lowest BCUT2D eigenvalue weighted by molar-refractivity contribution is -0.239. The first kappa shape index (κ1) is 27.6. The second-order valence-corrected chi connectivity index (χ2v) is 8.51. The molecule has 0 amide bonds. The molecule has 1 aliphatic heterocycles. The molecule has 3 atom stereocenters. The number of carbonyl (C=O) groups excluding carboxylic acids is 3. The quantitative estimate of drug-likeness (QED) is 0.279. The van der Waals surface area contributed by atoms with Crippen molar-refractivity contribution in [3.8, 4) is 0 Å². The molecule has 202 valence electrons. The van der Waals surface area contributed by atoms with Crippen molar-refractivity contribution >= 4 is 17.9 Å². The molecule has 0 aliphatic carbocycles. The summed E-state index contributed by atoms with van der Waals surface area (Å²) in [4.78, 5) is 38.0. The van der Waals surface area contributed by atoms with Crippen LogP contribution in [0.1, 0.15) is 28.4 Å². The van der Waals surface area contributed by atoms with E-state index < -0.39 is 42.2 Å². The first-order valence-electron chi connectivity index (χ1n) is 12.2. The Hall–Kier alpha value is -4.47. The first-order chi connectivity index (χ1) is 19.0. The first-order valence-corrected chi connectivity index (χ1v) is 12.2. The standard InChI is InChI=1S/C30H28O9/c1-20(31)37-24-25(38-28(32)23-16-10-5-11-17-23)27(35-18-21-12-6-3-7-13-21)30(39-26(24)29(33)34-2)36-19-22-14-8-4-9-15-22/h3-17,25,27,30H,18-19H2,1-2H3/t25-,27+,30+/m0/s1. The number of esters is 3. The molecule has 0 saturated heterocycles. The van der Waals surface area contributed by atoms with Gasteiger partial charge in [-0.05, 0) is 23.3 Å². The molecular weight excluding hydrogens is 504 g/mol. The number of benzene rings is 3. The van der Waals surface area contributed by atoms with E-state index in [2.05, 4.69) is 0 Å². The zero-order valence-electron chi connectivity index (χ0n) is 21.5. The summed E-state index contributed by atoms with van der Waals surface area (Å²) in [6.45, 7) is 1.32. The Kier molecular flexibility index (Phi) is 9.44. The Balaban J connectivity index is 1.73. The SMILES string of the molecule is COC(=O)C1=C(OC(C)=O)[C@H](OC(=O)c2ccccc2)[C@@H](OCc2ccccc2)[C@H](OCc2ccccc2)O1. The Morgan fingerprint density at radius 1 is 0.744 bits per heavy atom. The van der Waals surface area contributed by atoms with Crippen LogP contribution < -0.4 is 0 Å². The van der Waals surface area contributed by atoms with Crippen molar-refractivity contribution in [2.24, 2.45) is 0 Å². The van der Waals surface area contributed by atoms with E-state index in [1.54, 1.807) is 30.3 Å². The molecule has 9 nitrogen and oxygen atoms in total. The van der Waals surface area contributed by atoms with Gasteiger partial charge in [-0.1, -0.05) is 78.9 Å². The lowest BCUT2D eigenvalue weighted by Gasteiger charge is -2.38. The average Bonchev–Trinajstić information content (AvgIpc) is 2.97. The summed E-state index contributed by atoms with van der Waals surface area (Å²) < 4.78 is 34.2. The van der Waals surface area contributed by atoms with Crippen molar-refractivity contribution in [2.75, 3.05) is 7.11 Å². The minimum Gasteiger partial charge on any atom is -0.463 e. The molecule has 4 rings (SSSR count). The van der Waals surface area contributed by atoms with Gasteiger partial charge in [0.15, 0.2) is 12.2 Å². The molecule has 1 aliphatic rings. The van der Waals surface area contributed by atoms with Crippen LogP contribution in [0.25, 0.3) is 0 Å².